The second-order valence-corrected chi connectivity index (χ2v) is 30.5. The molecule has 0 radical (unpaired) electrons. The third kappa shape index (κ3) is 24.5. The molecular formula is C48H99OP. The zero-order valence-electron chi connectivity index (χ0n) is 39.6. The van der Waals surface area contributed by atoms with Crippen LogP contribution in [0.5, 0.6) is 0 Å². The van der Waals surface area contributed by atoms with Crippen molar-refractivity contribution >= 4 is 7.14 Å². The SMILES string of the molecule is CC(CC(C)(C)CC(C)(C)CC(C)(C)C)CP(=O)(CC(C)CC(C)(C)CC(C)(C)CC(C)(C)C)CC(C)CC(C)(C)CC(C)(C)CC(C)(C)C. The lowest BCUT2D eigenvalue weighted by Crippen LogP contribution is -2.30. The maximum atomic E-state index is 15.5. The van der Waals surface area contributed by atoms with Crippen molar-refractivity contribution in [3.05, 3.63) is 0 Å². The molecule has 0 spiro atoms. The highest BCUT2D eigenvalue weighted by atomic mass is 31.2. The van der Waals surface area contributed by atoms with Crippen LogP contribution in [0.15, 0.2) is 0 Å². The minimum Gasteiger partial charge on any atom is -0.324 e. The molecular weight excluding hydrogens is 624 g/mol. The van der Waals surface area contributed by atoms with Gasteiger partial charge < -0.3 is 4.57 Å². The minimum atomic E-state index is -2.40. The maximum Gasteiger partial charge on any atom is 0.0885 e. The Morgan fingerprint density at radius 2 is 0.500 bits per heavy atom. The van der Waals surface area contributed by atoms with Crippen molar-refractivity contribution < 1.29 is 4.57 Å². The van der Waals surface area contributed by atoms with Crippen molar-refractivity contribution in [3.63, 3.8) is 0 Å². The van der Waals surface area contributed by atoms with Crippen LogP contribution in [-0.2, 0) is 4.57 Å². The molecule has 0 aliphatic rings. The first-order valence-corrected chi connectivity index (χ1v) is 23.4. The van der Waals surface area contributed by atoms with Gasteiger partial charge in [-0.15, -0.1) is 0 Å². The van der Waals surface area contributed by atoms with E-state index in [0.717, 1.165) is 37.7 Å². The molecule has 3 atom stereocenters. The van der Waals surface area contributed by atoms with Crippen LogP contribution in [0.25, 0.3) is 0 Å². The van der Waals surface area contributed by atoms with Gasteiger partial charge in [-0.3, -0.25) is 0 Å². The fourth-order valence-electron chi connectivity index (χ4n) is 13.5. The van der Waals surface area contributed by atoms with E-state index in [1.165, 1.54) is 38.5 Å². The standard InChI is InChI=1S/C48H99OP/c1-37(25-43(13,14)34-46(19,20)31-40(4,5)6)28-50(49,29-38(2)26-44(15,16)35-47(21,22)32-41(7,8)9)30-39(3)27-45(17,18)36-48(23,24)33-42(10,11)12/h37-39H,25-36H2,1-24H3. The molecule has 0 heterocycles. The summed E-state index contributed by atoms with van der Waals surface area (Å²) in [6.07, 6.45) is 13.6. The van der Waals surface area contributed by atoms with Gasteiger partial charge in [-0.1, -0.05) is 166 Å². The number of rotatable bonds is 21. The Morgan fingerprint density at radius 3 is 0.660 bits per heavy atom. The second-order valence-electron chi connectivity index (χ2n) is 27.3. The van der Waals surface area contributed by atoms with Gasteiger partial charge in [0.25, 0.3) is 0 Å². The zero-order chi connectivity index (χ0) is 40.2. The van der Waals surface area contributed by atoms with E-state index in [0.29, 0.717) is 50.2 Å². The van der Waals surface area contributed by atoms with E-state index in [2.05, 4.69) is 166 Å². The van der Waals surface area contributed by atoms with Crippen LogP contribution >= 0.6 is 7.14 Å². The average Bonchev–Trinajstić information content (AvgIpc) is 2.61. The maximum absolute atomic E-state index is 15.5. The first-order chi connectivity index (χ1) is 21.5. The second kappa shape index (κ2) is 17.4. The summed E-state index contributed by atoms with van der Waals surface area (Å²) in [4.78, 5) is 0. The van der Waals surface area contributed by atoms with Gasteiger partial charge in [-0.05, 0) is 124 Å². The van der Waals surface area contributed by atoms with Gasteiger partial charge in [0.1, 0.15) is 0 Å². The van der Waals surface area contributed by atoms with Crippen LogP contribution in [0, 0.1) is 66.5 Å². The molecule has 50 heavy (non-hydrogen) atoms. The molecule has 0 aromatic carbocycles. The molecule has 0 aliphatic carbocycles. The molecule has 0 aliphatic heterocycles. The van der Waals surface area contributed by atoms with Gasteiger partial charge in [0, 0.05) is 18.5 Å². The predicted octanol–water partition coefficient (Wildman–Crippen LogP) is 17.1. The molecule has 302 valence electrons. The lowest BCUT2D eigenvalue weighted by Gasteiger charge is -2.41. The van der Waals surface area contributed by atoms with Crippen LogP contribution in [0.2, 0.25) is 0 Å². The van der Waals surface area contributed by atoms with Crippen LogP contribution in [0.3, 0.4) is 0 Å². The largest absolute Gasteiger partial charge is 0.324 e. The molecule has 1 nitrogen and oxygen atoms in total. The normalized spacial score (nSPS) is 18.2. The topological polar surface area (TPSA) is 17.1 Å². The van der Waals surface area contributed by atoms with E-state index >= 15 is 4.57 Å². The number of hydrogen-bond donors (Lipinski definition) is 0. The van der Waals surface area contributed by atoms with E-state index in [1.807, 2.05) is 0 Å². The summed E-state index contributed by atoms with van der Waals surface area (Å²) >= 11 is 0. The van der Waals surface area contributed by atoms with E-state index < -0.39 is 7.14 Å². The van der Waals surface area contributed by atoms with Crippen LogP contribution in [0.1, 0.15) is 224 Å². The van der Waals surface area contributed by atoms with Crippen molar-refractivity contribution in [1.82, 2.24) is 0 Å². The van der Waals surface area contributed by atoms with Gasteiger partial charge in [0.2, 0.25) is 0 Å². The smallest absolute Gasteiger partial charge is 0.0885 e. The Bertz CT molecular complexity index is 912. The lowest BCUT2D eigenvalue weighted by atomic mass is 9.66. The highest BCUT2D eigenvalue weighted by Crippen LogP contribution is 2.56. The summed E-state index contributed by atoms with van der Waals surface area (Å²) in [5.41, 5.74) is 2.59. The highest BCUT2D eigenvalue weighted by Gasteiger charge is 2.39. The Hall–Kier alpha value is 0.230. The van der Waals surface area contributed by atoms with Gasteiger partial charge in [0.15, 0.2) is 0 Å². The highest BCUT2D eigenvalue weighted by molar-refractivity contribution is 7.63. The summed E-state index contributed by atoms with van der Waals surface area (Å²) in [5.74, 6) is 1.41. The molecule has 0 aromatic rings. The average molecular weight is 723 g/mol. The summed E-state index contributed by atoms with van der Waals surface area (Å²) in [7, 11) is -2.40. The predicted molar refractivity (Wildman–Crippen MR) is 232 cm³/mol. The van der Waals surface area contributed by atoms with Crippen LogP contribution in [0.4, 0.5) is 0 Å². The fraction of sp³-hybridized carbons (Fsp3) is 1.00. The van der Waals surface area contributed by atoms with Gasteiger partial charge >= 0.3 is 0 Å². The molecule has 0 bridgehead atoms. The van der Waals surface area contributed by atoms with E-state index in [-0.39, 0.29) is 16.2 Å². The molecule has 0 saturated carbocycles. The van der Waals surface area contributed by atoms with Gasteiger partial charge in [-0.25, -0.2) is 0 Å². The van der Waals surface area contributed by atoms with Gasteiger partial charge in [0.05, 0.1) is 7.14 Å². The van der Waals surface area contributed by atoms with Crippen molar-refractivity contribution in [1.29, 1.82) is 0 Å². The van der Waals surface area contributed by atoms with E-state index in [4.69, 9.17) is 0 Å². The Morgan fingerprint density at radius 1 is 0.320 bits per heavy atom. The van der Waals surface area contributed by atoms with Crippen LogP contribution in [-0.4, -0.2) is 18.5 Å². The van der Waals surface area contributed by atoms with Crippen molar-refractivity contribution in [2.45, 2.75) is 224 Å². The number of hydrogen-bond acceptors (Lipinski definition) is 1. The zero-order valence-corrected chi connectivity index (χ0v) is 40.5. The molecule has 0 N–H and O–H groups in total. The monoisotopic (exact) mass is 723 g/mol. The van der Waals surface area contributed by atoms with Crippen LogP contribution < -0.4 is 0 Å². The Labute approximate surface area is 319 Å². The van der Waals surface area contributed by atoms with Crippen molar-refractivity contribution in [3.8, 4) is 0 Å². The van der Waals surface area contributed by atoms with Crippen molar-refractivity contribution in [2.24, 2.45) is 66.5 Å². The van der Waals surface area contributed by atoms with E-state index in [9.17, 15) is 0 Å². The molecule has 0 rings (SSSR count). The molecule has 0 fully saturated rings. The summed E-state index contributed by atoms with van der Waals surface area (Å²) < 4.78 is 15.5. The molecule has 0 amide bonds. The summed E-state index contributed by atoms with van der Waals surface area (Å²) in [5, 5.41) is 0. The third-order valence-electron chi connectivity index (χ3n) is 10.5. The quantitative estimate of drug-likeness (QED) is 0.108. The first kappa shape index (κ1) is 50.2. The summed E-state index contributed by atoms with van der Waals surface area (Å²) in [6, 6.07) is 0. The fourth-order valence-corrected chi connectivity index (χ4v) is 17.8. The molecule has 3 unspecified atom stereocenters. The Balaban J connectivity index is 6.17. The molecule has 0 saturated heterocycles. The summed E-state index contributed by atoms with van der Waals surface area (Å²) in [6.45, 7) is 58.4. The third-order valence-corrected chi connectivity index (χ3v) is 14.4. The Kier molecular flexibility index (Phi) is 17.4. The molecule has 0 aromatic heterocycles. The van der Waals surface area contributed by atoms with Crippen molar-refractivity contribution in [2.75, 3.05) is 18.5 Å². The van der Waals surface area contributed by atoms with E-state index in [1.54, 1.807) is 0 Å². The lowest BCUT2D eigenvalue weighted by molar-refractivity contribution is 0.118. The first-order valence-electron chi connectivity index (χ1n) is 21.1. The molecule has 2 heteroatoms. The minimum absolute atomic E-state index is 0.234. The van der Waals surface area contributed by atoms with Gasteiger partial charge in [-0.2, -0.15) is 0 Å².